The lowest BCUT2D eigenvalue weighted by Gasteiger charge is -2.20. The highest BCUT2D eigenvalue weighted by Gasteiger charge is 2.29. The second-order valence-corrected chi connectivity index (χ2v) is 5.62. The molecular weight excluding hydrogens is 244 g/mol. The predicted molar refractivity (Wildman–Crippen MR) is 73.2 cm³/mol. The van der Waals surface area contributed by atoms with Crippen LogP contribution in [-0.4, -0.2) is 10.9 Å². The van der Waals surface area contributed by atoms with Crippen LogP contribution in [-0.2, 0) is 19.6 Å². The van der Waals surface area contributed by atoms with Crippen molar-refractivity contribution in [1.82, 2.24) is 4.90 Å². The standard InChI is InChI=1S/C14H18N2OS/c15-7-13-3-4-14(17-13)9-16(12-1-2-12)8-11-5-6-18-10-11/h3-6,10,12H,1-2,7-9,15H2. The van der Waals surface area contributed by atoms with E-state index in [1.54, 1.807) is 11.3 Å². The third-order valence-corrected chi connectivity index (χ3v) is 4.04. The Balaban J connectivity index is 1.66. The van der Waals surface area contributed by atoms with Crippen molar-refractivity contribution in [2.75, 3.05) is 0 Å². The Labute approximate surface area is 111 Å². The summed E-state index contributed by atoms with van der Waals surface area (Å²) in [5.74, 6) is 1.90. The van der Waals surface area contributed by atoms with Crippen LogP contribution >= 0.6 is 11.3 Å². The molecule has 2 heterocycles. The summed E-state index contributed by atoms with van der Waals surface area (Å²) >= 11 is 1.76. The Hall–Kier alpha value is -1.10. The fraction of sp³-hybridized carbons (Fsp3) is 0.429. The van der Waals surface area contributed by atoms with Crippen molar-refractivity contribution in [2.45, 2.75) is 38.5 Å². The van der Waals surface area contributed by atoms with Crippen molar-refractivity contribution in [2.24, 2.45) is 5.73 Å². The van der Waals surface area contributed by atoms with Crippen LogP contribution in [0.4, 0.5) is 0 Å². The summed E-state index contributed by atoms with van der Waals surface area (Å²) in [5, 5.41) is 4.36. The summed E-state index contributed by atoms with van der Waals surface area (Å²) in [7, 11) is 0. The molecule has 1 fully saturated rings. The first-order valence-electron chi connectivity index (χ1n) is 6.38. The summed E-state index contributed by atoms with van der Waals surface area (Å²) in [6, 6.07) is 6.96. The van der Waals surface area contributed by atoms with Gasteiger partial charge in [-0.25, -0.2) is 0 Å². The average Bonchev–Trinajstić information content (AvgIpc) is 2.92. The van der Waals surface area contributed by atoms with E-state index in [2.05, 4.69) is 21.7 Å². The molecule has 0 radical (unpaired) electrons. The number of nitrogens with zero attached hydrogens (tertiary/aromatic N) is 1. The number of furan rings is 1. The molecule has 0 unspecified atom stereocenters. The van der Waals surface area contributed by atoms with Gasteiger partial charge in [-0.1, -0.05) is 0 Å². The van der Waals surface area contributed by atoms with Crippen LogP contribution in [0, 0.1) is 0 Å². The fourth-order valence-electron chi connectivity index (χ4n) is 2.19. The molecule has 0 amide bonds. The second kappa shape index (κ2) is 5.26. The molecule has 0 aliphatic heterocycles. The number of hydrogen-bond acceptors (Lipinski definition) is 4. The quantitative estimate of drug-likeness (QED) is 0.870. The average molecular weight is 262 g/mol. The normalized spacial score (nSPS) is 15.4. The first-order valence-corrected chi connectivity index (χ1v) is 7.32. The molecule has 1 aliphatic rings. The molecule has 96 valence electrons. The van der Waals surface area contributed by atoms with E-state index in [0.717, 1.165) is 30.7 Å². The summed E-state index contributed by atoms with van der Waals surface area (Å²) in [6.07, 6.45) is 2.63. The van der Waals surface area contributed by atoms with Gasteiger partial charge < -0.3 is 10.2 Å². The molecule has 4 heteroatoms. The molecule has 2 N–H and O–H groups in total. The number of hydrogen-bond donors (Lipinski definition) is 1. The van der Waals surface area contributed by atoms with E-state index in [0.29, 0.717) is 6.54 Å². The topological polar surface area (TPSA) is 42.4 Å². The molecule has 0 bridgehead atoms. The molecular formula is C14H18N2OS. The van der Waals surface area contributed by atoms with Gasteiger partial charge in [0.1, 0.15) is 11.5 Å². The molecule has 0 spiro atoms. The Morgan fingerprint density at radius 2 is 2.06 bits per heavy atom. The van der Waals surface area contributed by atoms with E-state index >= 15 is 0 Å². The largest absolute Gasteiger partial charge is 0.463 e. The first-order chi connectivity index (χ1) is 8.85. The van der Waals surface area contributed by atoms with Gasteiger partial charge in [0.25, 0.3) is 0 Å². The van der Waals surface area contributed by atoms with E-state index in [9.17, 15) is 0 Å². The van der Waals surface area contributed by atoms with Crippen LogP contribution in [0.2, 0.25) is 0 Å². The lowest BCUT2D eigenvalue weighted by Crippen LogP contribution is -2.24. The van der Waals surface area contributed by atoms with Crippen molar-refractivity contribution < 1.29 is 4.42 Å². The highest BCUT2D eigenvalue weighted by atomic mass is 32.1. The summed E-state index contributed by atoms with van der Waals surface area (Å²) in [5.41, 5.74) is 6.97. The van der Waals surface area contributed by atoms with Gasteiger partial charge in [-0.3, -0.25) is 4.90 Å². The smallest absolute Gasteiger partial charge is 0.118 e. The Morgan fingerprint density at radius 1 is 1.22 bits per heavy atom. The number of nitrogens with two attached hydrogens (primary N) is 1. The fourth-order valence-corrected chi connectivity index (χ4v) is 2.85. The maximum absolute atomic E-state index is 5.70. The van der Waals surface area contributed by atoms with Gasteiger partial charge >= 0.3 is 0 Å². The Kier molecular flexibility index (Phi) is 3.50. The van der Waals surface area contributed by atoms with Gasteiger partial charge in [0.2, 0.25) is 0 Å². The van der Waals surface area contributed by atoms with E-state index < -0.39 is 0 Å². The zero-order valence-corrected chi connectivity index (χ0v) is 11.2. The van der Waals surface area contributed by atoms with Gasteiger partial charge in [0.05, 0.1) is 13.1 Å². The van der Waals surface area contributed by atoms with Gasteiger partial charge in [-0.2, -0.15) is 11.3 Å². The van der Waals surface area contributed by atoms with Crippen LogP contribution in [0.1, 0.15) is 29.9 Å². The van der Waals surface area contributed by atoms with Gasteiger partial charge in [-0.05, 0) is 47.4 Å². The van der Waals surface area contributed by atoms with Crippen molar-refractivity contribution >= 4 is 11.3 Å². The van der Waals surface area contributed by atoms with Crippen LogP contribution in [0.15, 0.2) is 33.4 Å². The van der Waals surface area contributed by atoms with Crippen LogP contribution in [0.25, 0.3) is 0 Å². The third-order valence-electron chi connectivity index (χ3n) is 3.31. The molecule has 1 aliphatic carbocycles. The van der Waals surface area contributed by atoms with E-state index in [1.165, 1.54) is 18.4 Å². The third kappa shape index (κ3) is 2.83. The number of thiophene rings is 1. The zero-order chi connectivity index (χ0) is 12.4. The van der Waals surface area contributed by atoms with Gasteiger partial charge in [0, 0.05) is 12.6 Å². The van der Waals surface area contributed by atoms with Crippen molar-refractivity contribution in [3.05, 3.63) is 46.0 Å². The minimum Gasteiger partial charge on any atom is -0.463 e. The second-order valence-electron chi connectivity index (χ2n) is 4.84. The maximum Gasteiger partial charge on any atom is 0.118 e. The highest BCUT2D eigenvalue weighted by molar-refractivity contribution is 7.07. The Morgan fingerprint density at radius 3 is 2.67 bits per heavy atom. The van der Waals surface area contributed by atoms with Crippen molar-refractivity contribution in [1.29, 1.82) is 0 Å². The minimum atomic E-state index is 0.480. The highest BCUT2D eigenvalue weighted by Crippen LogP contribution is 2.30. The minimum absolute atomic E-state index is 0.480. The lowest BCUT2D eigenvalue weighted by molar-refractivity contribution is 0.223. The monoisotopic (exact) mass is 262 g/mol. The molecule has 3 rings (SSSR count). The Bertz CT molecular complexity index is 488. The van der Waals surface area contributed by atoms with E-state index in [-0.39, 0.29) is 0 Å². The first kappa shape index (κ1) is 12.0. The van der Waals surface area contributed by atoms with Gasteiger partial charge in [0.15, 0.2) is 0 Å². The number of rotatable bonds is 6. The predicted octanol–water partition coefficient (Wildman–Crippen LogP) is 2.96. The van der Waals surface area contributed by atoms with Crippen molar-refractivity contribution in [3.8, 4) is 0 Å². The molecule has 3 nitrogen and oxygen atoms in total. The molecule has 2 aromatic rings. The molecule has 1 saturated carbocycles. The van der Waals surface area contributed by atoms with Gasteiger partial charge in [-0.15, -0.1) is 0 Å². The summed E-state index contributed by atoms with van der Waals surface area (Å²) in [4.78, 5) is 2.50. The van der Waals surface area contributed by atoms with Crippen LogP contribution in [0.3, 0.4) is 0 Å². The van der Waals surface area contributed by atoms with E-state index in [4.69, 9.17) is 10.2 Å². The lowest BCUT2D eigenvalue weighted by atomic mass is 10.3. The van der Waals surface area contributed by atoms with Crippen LogP contribution in [0.5, 0.6) is 0 Å². The summed E-state index contributed by atoms with van der Waals surface area (Å²) < 4.78 is 5.70. The summed E-state index contributed by atoms with van der Waals surface area (Å²) in [6.45, 7) is 2.39. The SMILES string of the molecule is NCc1ccc(CN(Cc2ccsc2)C2CC2)o1. The van der Waals surface area contributed by atoms with E-state index in [1.807, 2.05) is 12.1 Å². The maximum atomic E-state index is 5.70. The van der Waals surface area contributed by atoms with Crippen molar-refractivity contribution in [3.63, 3.8) is 0 Å². The molecule has 18 heavy (non-hydrogen) atoms. The molecule has 0 atom stereocenters. The zero-order valence-electron chi connectivity index (χ0n) is 10.3. The molecule has 2 aromatic heterocycles. The van der Waals surface area contributed by atoms with Crippen LogP contribution < -0.4 is 5.73 Å². The molecule has 0 saturated heterocycles. The molecule has 0 aromatic carbocycles.